The first kappa shape index (κ1) is 22.9. The molecule has 166 valence electrons. The van der Waals surface area contributed by atoms with Crippen molar-refractivity contribution >= 4 is 34.2 Å². The zero-order chi connectivity index (χ0) is 22.7. The summed E-state index contributed by atoms with van der Waals surface area (Å²) in [5.41, 5.74) is 5.56. The Hall–Kier alpha value is -2.26. The van der Waals surface area contributed by atoms with Crippen molar-refractivity contribution < 1.29 is 0 Å². The van der Waals surface area contributed by atoms with Crippen LogP contribution in [0.25, 0.3) is 22.5 Å². The number of hydrogen-bond acceptors (Lipinski definition) is 4. The summed E-state index contributed by atoms with van der Waals surface area (Å²) in [5.74, 6) is 1.70. The van der Waals surface area contributed by atoms with Crippen LogP contribution in [0.2, 0.25) is 5.15 Å². The van der Waals surface area contributed by atoms with E-state index < -0.39 is 0 Å². The third kappa shape index (κ3) is 4.73. The number of hydrogen-bond donors (Lipinski definition) is 0. The molecule has 4 rings (SSSR count). The summed E-state index contributed by atoms with van der Waals surface area (Å²) in [6.07, 6.45) is 4.06. The number of tetrazole rings is 1. The second-order valence-electron chi connectivity index (χ2n) is 7.76. The number of imidazole rings is 1. The van der Waals surface area contributed by atoms with Gasteiger partial charge in [0.15, 0.2) is 5.15 Å². The van der Waals surface area contributed by atoms with E-state index in [1.807, 2.05) is 18.2 Å². The monoisotopic (exact) mass is 560 g/mol. The van der Waals surface area contributed by atoms with Crippen LogP contribution in [0.15, 0.2) is 42.5 Å². The predicted molar refractivity (Wildman–Crippen MR) is 137 cm³/mol. The zero-order valence-corrected chi connectivity index (χ0v) is 21.4. The van der Waals surface area contributed by atoms with Gasteiger partial charge in [0, 0.05) is 15.6 Å². The van der Waals surface area contributed by atoms with Crippen molar-refractivity contribution in [3.05, 3.63) is 68.3 Å². The first-order valence-electron chi connectivity index (χ1n) is 10.9. The summed E-state index contributed by atoms with van der Waals surface area (Å²) in [6.45, 7) is 5.11. The molecule has 4 aromatic rings. The molecule has 0 spiro atoms. The highest BCUT2D eigenvalue weighted by Crippen LogP contribution is 2.32. The van der Waals surface area contributed by atoms with E-state index in [9.17, 15) is 0 Å². The number of aryl methyl sites for hydroxylation is 2. The highest BCUT2D eigenvalue weighted by atomic mass is 127. The van der Waals surface area contributed by atoms with Gasteiger partial charge in [-0.2, -0.15) is 4.80 Å². The fourth-order valence-electron chi connectivity index (χ4n) is 3.89. The van der Waals surface area contributed by atoms with Gasteiger partial charge in [0.05, 0.1) is 19.3 Å². The lowest BCUT2D eigenvalue weighted by atomic mass is 9.98. The van der Waals surface area contributed by atoms with Crippen LogP contribution in [0, 0.1) is 3.57 Å². The largest absolute Gasteiger partial charge is 0.326 e. The van der Waals surface area contributed by atoms with Gasteiger partial charge < -0.3 is 4.57 Å². The normalized spacial score (nSPS) is 11.3. The Bertz CT molecular complexity index is 1230. The molecular weight excluding hydrogens is 535 g/mol. The topological polar surface area (TPSA) is 61.4 Å². The molecule has 0 fully saturated rings. The molecule has 32 heavy (non-hydrogen) atoms. The Balaban J connectivity index is 1.68. The van der Waals surface area contributed by atoms with E-state index in [2.05, 4.69) is 85.7 Å². The maximum absolute atomic E-state index is 6.47. The predicted octanol–water partition coefficient (Wildman–Crippen LogP) is 5.95. The van der Waals surface area contributed by atoms with Gasteiger partial charge in [-0.15, -0.1) is 10.2 Å². The molecule has 2 heterocycles. The number of unbranched alkanes of at least 4 members (excludes halogenated alkanes) is 1. The molecule has 0 saturated heterocycles. The summed E-state index contributed by atoms with van der Waals surface area (Å²) in [4.78, 5) is 6.14. The summed E-state index contributed by atoms with van der Waals surface area (Å²) < 4.78 is 3.50. The molecule has 0 radical (unpaired) electrons. The Kier molecular flexibility index (Phi) is 7.25. The van der Waals surface area contributed by atoms with Crippen molar-refractivity contribution in [1.29, 1.82) is 0 Å². The Morgan fingerprint density at radius 2 is 1.84 bits per heavy atom. The van der Waals surface area contributed by atoms with E-state index >= 15 is 0 Å². The quantitative estimate of drug-likeness (QED) is 0.250. The second-order valence-corrected chi connectivity index (χ2v) is 9.28. The molecule has 0 N–H and O–H groups in total. The zero-order valence-electron chi connectivity index (χ0n) is 18.5. The minimum atomic E-state index is 0.628. The van der Waals surface area contributed by atoms with Gasteiger partial charge in [0.1, 0.15) is 5.82 Å². The molecule has 2 aromatic carbocycles. The van der Waals surface area contributed by atoms with Crippen molar-refractivity contribution in [2.75, 3.05) is 0 Å². The average Bonchev–Trinajstić information content (AvgIpc) is 3.36. The molecule has 0 saturated carbocycles. The number of rotatable bonds is 8. The molecule has 0 atom stereocenters. The van der Waals surface area contributed by atoms with Crippen molar-refractivity contribution in [3.8, 4) is 22.5 Å². The smallest absolute Gasteiger partial charge is 0.205 e. The number of benzene rings is 2. The van der Waals surface area contributed by atoms with E-state index in [1.165, 1.54) is 13.9 Å². The SMILES string of the molecule is CCCCc1nc(Cl)c(CC)n1Cc1ccc(-c2ccccc2-c2nnn(C)n2)cc1I. The van der Waals surface area contributed by atoms with E-state index in [4.69, 9.17) is 11.6 Å². The Morgan fingerprint density at radius 1 is 1.06 bits per heavy atom. The lowest BCUT2D eigenvalue weighted by Gasteiger charge is -2.14. The highest BCUT2D eigenvalue weighted by molar-refractivity contribution is 14.1. The van der Waals surface area contributed by atoms with E-state index in [1.54, 1.807) is 7.05 Å². The molecule has 0 bridgehead atoms. The van der Waals surface area contributed by atoms with E-state index in [0.29, 0.717) is 11.0 Å². The Morgan fingerprint density at radius 3 is 2.50 bits per heavy atom. The van der Waals surface area contributed by atoms with Crippen molar-refractivity contribution in [1.82, 2.24) is 29.8 Å². The van der Waals surface area contributed by atoms with Crippen LogP contribution >= 0.6 is 34.2 Å². The van der Waals surface area contributed by atoms with Gasteiger partial charge in [-0.05, 0) is 63.4 Å². The molecule has 0 aliphatic rings. The van der Waals surface area contributed by atoms with Gasteiger partial charge in [0.2, 0.25) is 5.82 Å². The van der Waals surface area contributed by atoms with Crippen molar-refractivity contribution in [3.63, 3.8) is 0 Å². The third-order valence-electron chi connectivity index (χ3n) is 5.56. The highest BCUT2D eigenvalue weighted by Gasteiger charge is 2.17. The van der Waals surface area contributed by atoms with Gasteiger partial charge in [-0.25, -0.2) is 4.98 Å². The Labute approximate surface area is 207 Å². The lowest BCUT2D eigenvalue weighted by Crippen LogP contribution is -2.10. The number of aromatic nitrogens is 6. The van der Waals surface area contributed by atoms with E-state index in [0.717, 1.165) is 60.4 Å². The molecular formula is C24H26ClIN6. The minimum absolute atomic E-state index is 0.628. The lowest BCUT2D eigenvalue weighted by molar-refractivity contribution is 0.630. The first-order valence-corrected chi connectivity index (χ1v) is 12.3. The fraction of sp³-hybridized carbons (Fsp3) is 0.333. The van der Waals surface area contributed by atoms with E-state index in [-0.39, 0.29) is 0 Å². The van der Waals surface area contributed by atoms with Crippen LogP contribution in [0.5, 0.6) is 0 Å². The maximum atomic E-state index is 6.47. The van der Waals surface area contributed by atoms with Crippen LogP contribution < -0.4 is 0 Å². The molecule has 2 aromatic heterocycles. The second kappa shape index (κ2) is 10.1. The van der Waals surface area contributed by atoms with Crippen LogP contribution in [0.1, 0.15) is 43.8 Å². The first-order chi connectivity index (χ1) is 15.5. The van der Waals surface area contributed by atoms with Crippen LogP contribution in [-0.2, 0) is 26.4 Å². The van der Waals surface area contributed by atoms with Crippen molar-refractivity contribution in [2.45, 2.75) is 46.1 Å². The number of halogens is 2. The van der Waals surface area contributed by atoms with Gasteiger partial charge in [0.25, 0.3) is 0 Å². The molecule has 0 aliphatic carbocycles. The standard InChI is InChI=1S/C24H26ClIN6/c1-4-6-11-22-27-23(25)21(5-2)32(22)15-17-13-12-16(14-20(17)26)18-9-7-8-10-19(18)24-28-30-31(3)29-24/h7-10,12-14H,4-6,11,15H2,1-3H3. The van der Waals surface area contributed by atoms with Crippen LogP contribution in [0.3, 0.4) is 0 Å². The summed E-state index contributed by atoms with van der Waals surface area (Å²) in [7, 11) is 1.78. The van der Waals surface area contributed by atoms with Crippen LogP contribution in [-0.4, -0.2) is 29.8 Å². The molecule has 6 nitrogen and oxygen atoms in total. The van der Waals surface area contributed by atoms with Crippen LogP contribution in [0.4, 0.5) is 0 Å². The fourth-order valence-corrected chi connectivity index (χ4v) is 4.91. The van der Waals surface area contributed by atoms with Gasteiger partial charge >= 0.3 is 0 Å². The average molecular weight is 561 g/mol. The van der Waals surface area contributed by atoms with Gasteiger partial charge in [-0.1, -0.05) is 68.3 Å². The molecule has 0 aliphatic heterocycles. The summed E-state index contributed by atoms with van der Waals surface area (Å²) in [5, 5.41) is 13.2. The third-order valence-corrected chi connectivity index (χ3v) is 6.87. The minimum Gasteiger partial charge on any atom is -0.326 e. The number of nitrogens with zero attached hydrogens (tertiary/aromatic N) is 6. The molecule has 0 amide bonds. The summed E-state index contributed by atoms with van der Waals surface area (Å²) >= 11 is 8.89. The van der Waals surface area contributed by atoms with Gasteiger partial charge in [-0.3, -0.25) is 0 Å². The molecule has 8 heteroatoms. The van der Waals surface area contributed by atoms with Crippen molar-refractivity contribution in [2.24, 2.45) is 7.05 Å². The maximum Gasteiger partial charge on any atom is 0.205 e. The molecule has 0 unspecified atom stereocenters. The summed E-state index contributed by atoms with van der Waals surface area (Å²) in [6, 6.07) is 14.8.